The van der Waals surface area contributed by atoms with Crippen LogP contribution >= 0.6 is 11.3 Å². The maximum absolute atomic E-state index is 6.00. The summed E-state index contributed by atoms with van der Waals surface area (Å²) in [5, 5.41) is 8.12. The van der Waals surface area contributed by atoms with Crippen LogP contribution in [0.3, 0.4) is 0 Å². The zero-order chi connectivity index (χ0) is 17.9. The van der Waals surface area contributed by atoms with Crippen LogP contribution in [-0.4, -0.2) is 20.9 Å². The first-order valence-corrected chi connectivity index (χ1v) is 9.07. The van der Waals surface area contributed by atoms with Gasteiger partial charge in [0.2, 0.25) is 0 Å². The van der Waals surface area contributed by atoms with E-state index in [2.05, 4.69) is 55.6 Å². The fourth-order valence-corrected chi connectivity index (χ4v) is 3.39. The summed E-state index contributed by atoms with van der Waals surface area (Å²) in [6.07, 6.45) is 1.77. The van der Waals surface area contributed by atoms with E-state index >= 15 is 0 Å². The molecule has 0 bridgehead atoms. The Morgan fingerprint density at radius 1 is 1.23 bits per heavy atom. The fraction of sp³-hybridized carbons (Fsp3) is 0.105. The average molecular weight is 362 g/mol. The van der Waals surface area contributed by atoms with Gasteiger partial charge < -0.3 is 16.0 Å². The minimum absolute atomic E-state index is 0.347. The molecule has 0 aliphatic carbocycles. The van der Waals surface area contributed by atoms with Crippen LogP contribution in [0.5, 0.6) is 0 Å². The van der Waals surface area contributed by atoms with Gasteiger partial charge in [0.05, 0.1) is 18.4 Å². The molecule has 0 aliphatic rings. The lowest BCUT2D eigenvalue weighted by Gasteiger charge is -2.03. The van der Waals surface area contributed by atoms with Crippen LogP contribution in [0.15, 0.2) is 59.0 Å². The number of thiazole rings is 1. The van der Waals surface area contributed by atoms with Gasteiger partial charge in [-0.15, -0.1) is 11.3 Å². The first-order chi connectivity index (χ1) is 12.7. The Morgan fingerprint density at radius 3 is 2.88 bits per heavy atom. The summed E-state index contributed by atoms with van der Waals surface area (Å²) in [6, 6.07) is 14.6. The second-order valence-electron chi connectivity index (χ2n) is 5.93. The Kier molecular flexibility index (Phi) is 4.37. The number of rotatable bonds is 4. The van der Waals surface area contributed by atoms with Gasteiger partial charge in [0.1, 0.15) is 11.5 Å². The number of aromatic amines is 1. The van der Waals surface area contributed by atoms with Crippen molar-refractivity contribution in [3.63, 3.8) is 0 Å². The van der Waals surface area contributed by atoms with Crippen molar-refractivity contribution in [1.82, 2.24) is 15.0 Å². The number of nitrogens with two attached hydrogens (primary N) is 1. The number of hydrogen-bond donors (Lipinski definition) is 3. The summed E-state index contributed by atoms with van der Waals surface area (Å²) in [5.74, 6) is 1.21. The molecule has 2 heterocycles. The maximum atomic E-state index is 6.00. The monoisotopic (exact) mass is 362 g/mol. The molecule has 0 unspecified atom stereocenters. The number of imidazole rings is 1. The van der Waals surface area contributed by atoms with Crippen molar-refractivity contribution in [2.75, 3.05) is 5.32 Å². The third kappa shape index (κ3) is 3.57. The van der Waals surface area contributed by atoms with Crippen LogP contribution in [0, 0.1) is 6.92 Å². The zero-order valence-electron chi connectivity index (χ0n) is 14.2. The van der Waals surface area contributed by atoms with Gasteiger partial charge >= 0.3 is 0 Å². The minimum atomic E-state index is 0.347. The normalized spacial score (nSPS) is 11.8. The zero-order valence-corrected chi connectivity index (χ0v) is 15.0. The van der Waals surface area contributed by atoms with Crippen molar-refractivity contribution < 1.29 is 0 Å². The quantitative estimate of drug-likeness (QED) is 0.379. The van der Waals surface area contributed by atoms with Crippen LogP contribution in [0.1, 0.15) is 11.4 Å². The van der Waals surface area contributed by atoms with E-state index in [0.717, 1.165) is 22.8 Å². The van der Waals surface area contributed by atoms with Crippen molar-refractivity contribution in [3.05, 3.63) is 65.4 Å². The number of benzene rings is 2. The van der Waals surface area contributed by atoms with Gasteiger partial charge in [-0.05, 0) is 29.3 Å². The van der Waals surface area contributed by atoms with Crippen molar-refractivity contribution in [2.24, 2.45) is 10.7 Å². The van der Waals surface area contributed by atoms with E-state index in [-0.39, 0.29) is 0 Å². The topological polar surface area (TPSA) is 92.0 Å². The number of aliphatic imine (C=N–C) groups is 1. The molecule has 130 valence electrons. The molecule has 0 spiro atoms. The van der Waals surface area contributed by atoms with Crippen molar-refractivity contribution >= 4 is 33.2 Å². The second kappa shape index (κ2) is 6.97. The Labute approximate surface area is 154 Å². The average Bonchev–Trinajstić information content (AvgIpc) is 3.28. The van der Waals surface area contributed by atoms with Crippen LogP contribution in [-0.2, 0) is 6.54 Å². The molecule has 4 aromatic rings. The molecule has 0 radical (unpaired) electrons. The van der Waals surface area contributed by atoms with Gasteiger partial charge in [-0.25, -0.2) is 15.0 Å². The fourth-order valence-electron chi connectivity index (χ4n) is 2.67. The molecule has 0 fully saturated rings. The minimum Gasteiger partial charge on any atom is -0.370 e. The molecule has 6 nitrogen and oxygen atoms in total. The Bertz CT molecular complexity index is 1080. The molecule has 0 saturated carbocycles. The number of nitrogens with zero attached hydrogens (tertiary/aromatic N) is 3. The van der Waals surface area contributed by atoms with E-state index < -0.39 is 0 Å². The number of guanidine groups is 1. The molecule has 0 amide bonds. The summed E-state index contributed by atoms with van der Waals surface area (Å²) in [5.41, 5.74) is 8.84. The highest BCUT2D eigenvalue weighted by atomic mass is 32.1. The van der Waals surface area contributed by atoms with Crippen molar-refractivity contribution in [2.45, 2.75) is 13.5 Å². The van der Waals surface area contributed by atoms with Gasteiger partial charge in [0.15, 0.2) is 11.1 Å². The van der Waals surface area contributed by atoms with Crippen LogP contribution in [0.2, 0.25) is 0 Å². The SMILES string of the molecule is Cc1ncc(-c2csc(NC(N)=NCc3ccc4ccccc4c3)n2)[nH]1. The van der Waals surface area contributed by atoms with Crippen LogP contribution < -0.4 is 11.1 Å². The summed E-state index contributed by atoms with van der Waals surface area (Å²) < 4.78 is 0. The summed E-state index contributed by atoms with van der Waals surface area (Å²) in [4.78, 5) is 16.3. The molecule has 26 heavy (non-hydrogen) atoms. The highest BCUT2D eigenvalue weighted by Gasteiger charge is 2.07. The van der Waals surface area contributed by atoms with Gasteiger partial charge in [-0.2, -0.15) is 0 Å². The first kappa shape index (κ1) is 16.3. The van der Waals surface area contributed by atoms with Gasteiger partial charge in [0.25, 0.3) is 0 Å². The molecule has 7 heteroatoms. The molecule has 4 rings (SSSR count). The lowest BCUT2D eigenvalue weighted by molar-refractivity contribution is 1.06. The Hall–Kier alpha value is -3.19. The highest BCUT2D eigenvalue weighted by Crippen LogP contribution is 2.23. The van der Waals surface area contributed by atoms with Crippen molar-refractivity contribution in [1.29, 1.82) is 0 Å². The summed E-state index contributed by atoms with van der Waals surface area (Å²) >= 11 is 1.47. The third-order valence-electron chi connectivity index (χ3n) is 3.96. The van der Waals surface area contributed by atoms with Gasteiger partial charge in [0, 0.05) is 5.38 Å². The lowest BCUT2D eigenvalue weighted by atomic mass is 10.1. The Balaban J connectivity index is 1.44. The van der Waals surface area contributed by atoms with E-state index in [9.17, 15) is 0 Å². The number of anilines is 1. The number of fused-ring (bicyclic) bond motifs is 1. The second-order valence-corrected chi connectivity index (χ2v) is 6.79. The van der Waals surface area contributed by atoms with Crippen LogP contribution in [0.4, 0.5) is 5.13 Å². The summed E-state index contributed by atoms with van der Waals surface area (Å²) in [7, 11) is 0. The Morgan fingerprint density at radius 2 is 2.08 bits per heavy atom. The van der Waals surface area contributed by atoms with E-state index in [1.54, 1.807) is 6.20 Å². The molecule has 4 N–H and O–H groups in total. The van der Waals surface area contributed by atoms with Gasteiger partial charge in [-0.1, -0.05) is 36.4 Å². The predicted molar refractivity (Wildman–Crippen MR) is 107 cm³/mol. The number of aromatic nitrogens is 3. The first-order valence-electron chi connectivity index (χ1n) is 8.19. The summed E-state index contributed by atoms with van der Waals surface area (Å²) in [6.45, 7) is 2.42. The third-order valence-corrected chi connectivity index (χ3v) is 4.72. The molecule has 0 atom stereocenters. The van der Waals surface area contributed by atoms with E-state index in [1.165, 1.54) is 22.1 Å². The van der Waals surface area contributed by atoms with E-state index in [4.69, 9.17) is 5.73 Å². The predicted octanol–water partition coefficient (Wildman–Crippen LogP) is 3.92. The smallest absolute Gasteiger partial charge is 0.195 e. The molecule has 2 aromatic carbocycles. The van der Waals surface area contributed by atoms with Crippen molar-refractivity contribution in [3.8, 4) is 11.4 Å². The molecule has 0 saturated heterocycles. The number of hydrogen-bond acceptors (Lipinski definition) is 4. The van der Waals surface area contributed by atoms with E-state index in [1.807, 2.05) is 24.4 Å². The highest BCUT2D eigenvalue weighted by molar-refractivity contribution is 7.14. The van der Waals surface area contributed by atoms with Crippen LogP contribution in [0.25, 0.3) is 22.2 Å². The molecule has 0 aliphatic heterocycles. The number of aryl methyl sites for hydroxylation is 1. The largest absolute Gasteiger partial charge is 0.370 e. The molecule has 2 aromatic heterocycles. The lowest BCUT2D eigenvalue weighted by Crippen LogP contribution is -2.22. The molecular formula is C19H18N6S. The number of nitrogens with one attached hydrogen (secondary N) is 2. The standard InChI is InChI=1S/C19H18N6S/c1-12-21-10-16(23-12)17-11-26-19(24-17)25-18(20)22-9-13-6-7-14-4-2-3-5-15(14)8-13/h2-8,10-11H,9H2,1H3,(H,21,23)(H3,20,22,24,25). The maximum Gasteiger partial charge on any atom is 0.195 e. The van der Waals surface area contributed by atoms with Gasteiger partial charge in [-0.3, -0.25) is 0 Å². The molecular weight excluding hydrogens is 344 g/mol. The van der Waals surface area contributed by atoms with E-state index in [0.29, 0.717) is 17.6 Å². The number of H-pyrrole nitrogens is 1.